The van der Waals surface area contributed by atoms with E-state index in [1.54, 1.807) is 0 Å². The van der Waals surface area contributed by atoms with E-state index in [0.717, 1.165) is 18.9 Å². The van der Waals surface area contributed by atoms with E-state index in [1.165, 1.54) is 56.3 Å². The third kappa shape index (κ3) is 3.61. The number of nitrogens with one attached hydrogen (secondary N) is 1. The van der Waals surface area contributed by atoms with Crippen LogP contribution < -0.4 is 11.1 Å². The molecule has 0 aromatic heterocycles. The maximum absolute atomic E-state index is 12.5. The van der Waals surface area contributed by atoms with E-state index >= 15 is 0 Å². The molecule has 0 spiro atoms. The molecular formula is C21H31N3O. The highest BCUT2D eigenvalue weighted by atomic mass is 16.1. The number of nitrogens with zero attached hydrogens (tertiary/aromatic N) is 1. The van der Waals surface area contributed by atoms with Crippen molar-refractivity contribution in [3.8, 4) is 0 Å². The van der Waals surface area contributed by atoms with Crippen LogP contribution in [-0.4, -0.2) is 36.0 Å². The fraction of sp³-hybridized carbons (Fsp3) is 0.667. The molecule has 0 radical (unpaired) electrons. The number of benzene rings is 1. The van der Waals surface area contributed by atoms with Gasteiger partial charge in [0.15, 0.2) is 0 Å². The van der Waals surface area contributed by atoms with Crippen molar-refractivity contribution in [3.63, 3.8) is 0 Å². The molecule has 4 nitrogen and oxygen atoms in total. The van der Waals surface area contributed by atoms with E-state index in [0.29, 0.717) is 12.3 Å². The third-order valence-corrected chi connectivity index (χ3v) is 6.60. The van der Waals surface area contributed by atoms with Crippen molar-refractivity contribution in [2.45, 2.75) is 69.5 Å². The van der Waals surface area contributed by atoms with Gasteiger partial charge >= 0.3 is 0 Å². The number of hydrogen-bond donors (Lipinski definition) is 2. The topological polar surface area (TPSA) is 58.4 Å². The van der Waals surface area contributed by atoms with E-state index in [-0.39, 0.29) is 18.0 Å². The van der Waals surface area contributed by atoms with Gasteiger partial charge in [-0.2, -0.15) is 0 Å². The van der Waals surface area contributed by atoms with Crippen LogP contribution in [0.4, 0.5) is 0 Å². The number of carbonyl (C=O) groups excluding carboxylic acids is 1. The van der Waals surface area contributed by atoms with Crippen LogP contribution in [0.5, 0.6) is 0 Å². The summed E-state index contributed by atoms with van der Waals surface area (Å²) in [6.07, 6.45) is 9.17. The minimum Gasteiger partial charge on any atom is -0.351 e. The fourth-order valence-electron chi connectivity index (χ4n) is 5.28. The van der Waals surface area contributed by atoms with Crippen molar-refractivity contribution in [2.24, 2.45) is 11.7 Å². The normalized spacial score (nSPS) is 32.0. The Bertz CT molecular complexity index is 615. The van der Waals surface area contributed by atoms with Gasteiger partial charge < -0.3 is 16.0 Å². The van der Waals surface area contributed by atoms with Gasteiger partial charge in [-0.1, -0.05) is 30.7 Å². The fourth-order valence-corrected chi connectivity index (χ4v) is 5.28. The summed E-state index contributed by atoms with van der Waals surface area (Å²) in [7, 11) is 0. The van der Waals surface area contributed by atoms with Crippen LogP contribution in [0, 0.1) is 5.92 Å². The summed E-state index contributed by atoms with van der Waals surface area (Å²) in [4.78, 5) is 15.2. The SMILES string of the molecule is N[C@H]1c2ccccc2C[C@@H]1NC(=O)CC[C@@H]1CCCN2CCCC[C@H]12. The molecule has 3 aliphatic rings. The van der Waals surface area contributed by atoms with Gasteiger partial charge in [0.05, 0.1) is 12.1 Å². The zero-order valence-corrected chi connectivity index (χ0v) is 15.1. The highest BCUT2D eigenvalue weighted by molar-refractivity contribution is 5.76. The van der Waals surface area contributed by atoms with E-state index in [1.807, 2.05) is 6.07 Å². The lowest BCUT2D eigenvalue weighted by molar-refractivity contribution is -0.122. The lowest BCUT2D eigenvalue weighted by atomic mass is 9.81. The minimum absolute atomic E-state index is 0.0578. The Morgan fingerprint density at radius 1 is 1.16 bits per heavy atom. The number of piperidine rings is 2. The minimum atomic E-state index is -0.0660. The molecule has 0 unspecified atom stereocenters. The molecule has 2 aliphatic heterocycles. The number of hydrogen-bond acceptors (Lipinski definition) is 3. The summed E-state index contributed by atoms with van der Waals surface area (Å²) < 4.78 is 0. The van der Waals surface area contributed by atoms with E-state index < -0.39 is 0 Å². The summed E-state index contributed by atoms with van der Waals surface area (Å²) in [6, 6.07) is 9.02. The molecule has 1 aliphatic carbocycles. The zero-order chi connectivity index (χ0) is 17.2. The summed E-state index contributed by atoms with van der Waals surface area (Å²) >= 11 is 0. The van der Waals surface area contributed by atoms with Crippen molar-refractivity contribution < 1.29 is 4.79 Å². The Labute approximate surface area is 151 Å². The summed E-state index contributed by atoms with van der Waals surface area (Å²) in [5.41, 5.74) is 8.82. The van der Waals surface area contributed by atoms with Crippen LogP contribution in [0.25, 0.3) is 0 Å². The van der Waals surface area contributed by atoms with Crippen LogP contribution in [0.1, 0.15) is 62.1 Å². The molecule has 1 aromatic carbocycles. The largest absolute Gasteiger partial charge is 0.351 e. The van der Waals surface area contributed by atoms with Crippen molar-refractivity contribution >= 4 is 5.91 Å². The first-order valence-electron chi connectivity index (χ1n) is 10.1. The second-order valence-corrected chi connectivity index (χ2v) is 8.14. The van der Waals surface area contributed by atoms with Crippen LogP contribution >= 0.6 is 0 Å². The Hall–Kier alpha value is -1.39. The number of carbonyl (C=O) groups is 1. The molecule has 0 bridgehead atoms. The quantitative estimate of drug-likeness (QED) is 0.885. The molecule has 4 heteroatoms. The number of fused-ring (bicyclic) bond motifs is 2. The molecule has 1 amide bonds. The molecule has 25 heavy (non-hydrogen) atoms. The van der Waals surface area contributed by atoms with Crippen molar-refractivity contribution in [3.05, 3.63) is 35.4 Å². The monoisotopic (exact) mass is 341 g/mol. The molecule has 4 rings (SSSR count). The van der Waals surface area contributed by atoms with Gasteiger partial charge in [0.2, 0.25) is 5.91 Å². The Morgan fingerprint density at radius 2 is 2.00 bits per heavy atom. The average Bonchev–Trinajstić information content (AvgIpc) is 2.96. The predicted octanol–water partition coefficient (Wildman–Crippen LogP) is 2.77. The van der Waals surface area contributed by atoms with Gasteiger partial charge in [0.1, 0.15) is 0 Å². The first-order valence-corrected chi connectivity index (χ1v) is 10.1. The Balaban J connectivity index is 1.28. The van der Waals surface area contributed by atoms with Gasteiger partial charge in [-0.25, -0.2) is 0 Å². The standard InChI is InChI=1S/C21H31N3O/c22-21-17-8-2-1-6-16(17)14-18(21)23-20(25)11-10-15-7-5-13-24-12-4-3-9-19(15)24/h1-2,6,8,15,18-19,21H,3-5,7,9-14,22H2,(H,23,25)/t15-,18-,19+,21-/m0/s1. The van der Waals surface area contributed by atoms with Crippen LogP contribution in [-0.2, 0) is 11.2 Å². The highest BCUT2D eigenvalue weighted by Gasteiger charge is 2.34. The third-order valence-electron chi connectivity index (χ3n) is 6.60. The molecule has 2 heterocycles. The molecule has 136 valence electrons. The van der Waals surface area contributed by atoms with Gasteiger partial charge in [-0.15, -0.1) is 0 Å². The molecule has 2 saturated heterocycles. The van der Waals surface area contributed by atoms with Crippen molar-refractivity contribution in [1.29, 1.82) is 0 Å². The summed E-state index contributed by atoms with van der Waals surface area (Å²) in [5.74, 6) is 0.885. The van der Waals surface area contributed by atoms with Gasteiger partial charge in [0.25, 0.3) is 0 Å². The van der Waals surface area contributed by atoms with E-state index in [2.05, 4.69) is 28.4 Å². The molecule has 2 fully saturated rings. The van der Waals surface area contributed by atoms with Crippen LogP contribution in [0.15, 0.2) is 24.3 Å². The number of nitrogens with two attached hydrogens (primary N) is 1. The lowest BCUT2D eigenvalue weighted by Gasteiger charge is -2.44. The molecule has 1 aromatic rings. The summed E-state index contributed by atoms with van der Waals surface area (Å²) in [5, 5.41) is 3.21. The molecule has 3 N–H and O–H groups in total. The summed E-state index contributed by atoms with van der Waals surface area (Å²) in [6.45, 7) is 2.53. The maximum Gasteiger partial charge on any atom is 0.220 e. The van der Waals surface area contributed by atoms with Crippen molar-refractivity contribution in [2.75, 3.05) is 13.1 Å². The van der Waals surface area contributed by atoms with Crippen molar-refractivity contribution in [1.82, 2.24) is 10.2 Å². The molecule has 0 saturated carbocycles. The van der Waals surface area contributed by atoms with Gasteiger partial charge in [-0.3, -0.25) is 4.79 Å². The number of amides is 1. The first-order chi connectivity index (χ1) is 12.2. The Kier molecular flexibility index (Phi) is 5.09. The van der Waals surface area contributed by atoms with Gasteiger partial charge in [0, 0.05) is 12.5 Å². The highest BCUT2D eigenvalue weighted by Crippen LogP contribution is 2.34. The average molecular weight is 341 g/mol. The van der Waals surface area contributed by atoms with Gasteiger partial charge in [-0.05, 0) is 68.7 Å². The molecular weight excluding hydrogens is 310 g/mol. The van der Waals surface area contributed by atoms with Crippen LogP contribution in [0.3, 0.4) is 0 Å². The maximum atomic E-state index is 12.5. The second-order valence-electron chi connectivity index (χ2n) is 8.14. The predicted molar refractivity (Wildman–Crippen MR) is 100 cm³/mol. The van der Waals surface area contributed by atoms with Crippen LogP contribution in [0.2, 0.25) is 0 Å². The second kappa shape index (κ2) is 7.46. The molecule has 4 atom stereocenters. The lowest BCUT2D eigenvalue weighted by Crippen LogP contribution is -2.48. The van der Waals surface area contributed by atoms with E-state index in [4.69, 9.17) is 5.73 Å². The first kappa shape index (κ1) is 17.0. The number of rotatable bonds is 4. The smallest absolute Gasteiger partial charge is 0.220 e. The van der Waals surface area contributed by atoms with E-state index in [9.17, 15) is 4.79 Å². The zero-order valence-electron chi connectivity index (χ0n) is 15.1. The Morgan fingerprint density at radius 3 is 2.88 bits per heavy atom.